The number of nitrogen functional groups attached to an aromatic ring is 1. The molecule has 0 amide bonds. The third-order valence-corrected chi connectivity index (χ3v) is 3.76. The Hall–Kier alpha value is -1.75. The van der Waals surface area contributed by atoms with E-state index in [2.05, 4.69) is 9.88 Å². The van der Waals surface area contributed by atoms with Crippen LogP contribution in [0.2, 0.25) is 0 Å². The fourth-order valence-corrected chi connectivity index (χ4v) is 2.45. The Morgan fingerprint density at radius 2 is 2.26 bits per heavy atom. The lowest BCUT2D eigenvalue weighted by molar-refractivity contribution is 0.280. The zero-order valence-electron chi connectivity index (χ0n) is 10.9. The van der Waals surface area contributed by atoms with Gasteiger partial charge in [0.2, 0.25) is 0 Å². The number of benzene rings is 1. The van der Waals surface area contributed by atoms with Crippen molar-refractivity contribution in [2.24, 2.45) is 0 Å². The lowest BCUT2D eigenvalue weighted by Crippen LogP contribution is -2.41. The average molecular weight is 261 g/mol. The first-order valence-electron chi connectivity index (χ1n) is 6.82. The van der Waals surface area contributed by atoms with Crippen LogP contribution in [-0.2, 0) is 0 Å². The molecule has 102 valence electrons. The number of hydrogen-bond donors (Lipinski definition) is 2. The van der Waals surface area contributed by atoms with E-state index in [-0.39, 0.29) is 6.61 Å². The second-order valence-corrected chi connectivity index (χ2v) is 5.05. The van der Waals surface area contributed by atoms with Crippen LogP contribution in [0.1, 0.15) is 25.7 Å². The molecule has 2 aromatic rings. The van der Waals surface area contributed by atoms with Gasteiger partial charge in [-0.2, -0.15) is 4.98 Å². The Balaban J connectivity index is 1.92. The van der Waals surface area contributed by atoms with Crippen LogP contribution in [0.3, 0.4) is 0 Å². The minimum Gasteiger partial charge on any atom is -0.423 e. The number of aliphatic hydroxyl groups excluding tert-OH is 1. The van der Waals surface area contributed by atoms with Gasteiger partial charge in [0.1, 0.15) is 5.52 Å². The molecule has 0 unspecified atom stereocenters. The van der Waals surface area contributed by atoms with E-state index < -0.39 is 0 Å². The molecule has 5 heteroatoms. The van der Waals surface area contributed by atoms with Crippen LogP contribution >= 0.6 is 0 Å². The van der Waals surface area contributed by atoms with Crippen LogP contribution < -0.4 is 10.6 Å². The topological polar surface area (TPSA) is 75.5 Å². The number of rotatable bonds is 5. The Kier molecular flexibility index (Phi) is 3.29. The van der Waals surface area contributed by atoms with Crippen molar-refractivity contribution in [3.63, 3.8) is 0 Å². The van der Waals surface area contributed by atoms with Gasteiger partial charge in [0.15, 0.2) is 5.58 Å². The maximum atomic E-state index is 9.02. The van der Waals surface area contributed by atoms with Gasteiger partial charge in [0.25, 0.3) is 6.01 Å². The standard InChI is InChI=1S/C14H19N3O2/c15-11-6-2-7-12-13(11)16-14(19-12)17(8-3-9-18)10-4-1-5-10/h2,6-7,10,18H,1,3-5,8-9,15H2. The third kappa shape index (κ3) is 2.26. The Morgan fingerprint density at radius 1 is 1.42 bits per heavy atom. The Bertz CT molecular complexity index is 563. The molecule has 1 heterocycles. The first-order chi connectivity index (χ1) is 9.29. The lowest BCUT2D eigenvalue weighted by Gasteiger charge is -2.36. The molecule has 5 nitrogen and oxygen atoms in total. The number of hydrogen-bond acceptors (Lipinski definition) is 5. The molecule has 1 saturated carbocycles. The molecule has 1 fully saturated rings. The highest BCUT2D eigenvalue weighted by atomic mass is 16.4. The molecule has 19 heavy (non-hydrogen) atoms. The van der Waals surface area contributed by atoms with E-state index in [1.165, 1.54) is 19.3 Å². The fourth-order valence-electron chi connectivity index (χ4n) is 2.45. The number of nitrogens with zero attached hydrogens (tertiary/aromatic N) is 2. The summed E-state index contributed by atoms with van der Waals surface area (Å²) in [5.74, 6) is 0. The molecule has 3 rings (SSSR count). The number of aliphatic hydroxyl groups is 1. The molecule has 1 aliphatic rings. The first kappa shape index (κ1) is 12.3. The fraction of sp³-hybridized carbons (Fsp3) is 0.500. The summed E-state index contributed by atoms with van der Waals surface area (Å²) in [4.78, 5) is 6.69. The van der Waals surface area contributed by atoms with Crippen molar-refractivity contribution in [1.82, 2.24) is 4.98 Å². The largest absolute Gasteiger partial charge is 0.423 e. The SMILES string of the molecule is Nc1cccc2oc(N(CCCO)C3CCC3)nc12. The van der Waals surface area contributed by atoms with E-state index in [9.17, 15) is 0 Å². The number of anilines is 2. The normalized spacial score (nSPS) is 15.6. The van der Waals surface area contributed by atoms with Gasteiger partial charge in [-0.3, -0.25) is 0 Å². The molecule has 3 N–H and O–H groups in total. The van der Waals surface area contributed by atoms with Crippen molar-refractivity contribution in [3.8, 4) is 0 Å². The molecule has 0 radical (unpaired) electrons. The monoisotopic (exact) mass is 261 g/mol. The van der Waals surface area contributed by atoms with Crippen molar-refractivity contribution in [1.29, 1.82) is 0 Å². The van der Waals surface area contributed by atoms with Gasteiger partial charge >= 0.3 is 0 Å². The summed E-state index contributed by atoms with van der Waals surface area (Å²) in [7, 11) is 0. The maximum Gasteiger partial charge on any atom is 0.298 e. The molecule has 1 aliphatic carbocycles. The predicted octanol–water partition coefficient (Wildman–Crippen LogP) is 2.15. The van der Waals surface area contributed by atoms with E-state index in [4.69, 9.17) is 15.3 Å². The number of nitrogens with two attached hydrogens (primary N) is 1. The molecule has 0 spiro atoms. The molecule has 1 aromatic heterocycles. The van der Waals surface area contributed by atoms with Crippen LogP contribution in [0.4, 0.5) is 11.7 Å². The van der Waals surface area contributed by atoms with Crippen molar-refractivity contribution in [2.45, 2.75) is 31.7 Å². The first-order valence-corrected chi connectivity index (χ1v) is 6.82. The Morgan fingerprint density at radius 3 is 2.89 bits per heavy atom. The second-order valence-electron chi connectivity index (χ2n) is 5.05. The summed E-state index contributed by atoms with van der Waals surface area (Å²) in [6, 6.07) is 6.70. The maximum absolute atomic E-state index is 9.02. The summed E-state index contributed by atoms with van der Waals surface area (Å²) in [5.41, 5.74) is 8.01. The Labute approximate surface area is 112 Å². The molecule has 0 bridgehead atoms. The average Bonchev–Trinajstić information content (AvgIpc) is 2.77. The molecule has 0 atom stereocenters. The summed E-state index contributed by atoms with van der Waals surface area (Å²) >= 11 is 0. The third-order valence-electron chi connectivity index (χ3n) is 3.76. The number of fused-ring (bicyclic) bond motifs is 1. The minimum atomic E-state index is 0.186. The van der Waals surface area contributed by atoms with E-state index in [1.54, 1.807) is 0 Å². The molecule has 0 aliphatic heterocycles. The summed E-state index contributed by atoms with van der Waals surface area (Å²) in [5, 5.41) is 9.02. The quantitative estimate of drug-likeness (QED) is 0.807. The van der Waals surface area contributed by atoms with Gasteiger partial charge in [-0.25, -0.2) is 0 Å². The predicted molar refractivity (Wildman–Crippen MR) is 75.1 cm³/mol. The second kappa shape index (κ2) is 5.09. The van der Waals surface area contributed by atoms with Crippen LogP contribution in [0.25, 0.3) is 11.1 Å². The van der Waals surface area contributed by atoms with Crippen molar-refractivity contribution < 1.29 is 9.52 Å². The van der Waals surface area contributed by atoms with Crippen LogP contribution in [0.5, 0.6) is 0 Å². The zero-order valence-corrected chi connectivity index (χ0v) is 10.9. The molecular formula is C14H19N3O2. The summed E-state index contributed by atoms with van der Waals surface area (Å²) < 4.78 is 5.82. The number of aromatic nitrogens is 1. The van der Waals surface area contributed by atoms with E-state index >= 15 is 0 Å². The van der Waals surface area contributed by atoms with Crippen molar-refractivity contribution in [2.75, 3.05) is 23.8 Å². The molecule has 1 aromatic carbocycles. The smallest absolute Gasteiger partial charge is 0.298 e. The van der Waals surface area contributed by atoms with Gasteiger partial charge in [-0.05, 0) is 37.8 Å². The molecular weight excluding hydrogens is 242 g/mol. The van der Waals surface area contributed by atoms with E-state index in [0.717, 1.165) is 24.1 Å². The van der Waals surface area contributed by atoms with Gasteiger partial charge in [0, 0.05) is 19.2 Å². The highest BCUT2D eigenvalue weighted by Crippen LogP contribution is 2.32. The highest BCUT2D eigenvalue weighted by molar-refractivity contribution is 5.86. The minimum absolute atomic E-state index is 0.186. The molecule has 0 saturated heterocycles. The van der Waals surface area contributed by atoms with Crippen LogP contribution in [-0.4, -0.2) is 29.3 Å². The lowest BCUT2D eigenvalue weighted by atomic mass is 9.91. The number of oxazole rings is 1. The van der Waals surface area contributed by atoms with Crippen molar-refractivity contribution >= 4 is 22.8 Å². The van der Waals surface area contributed by atoms with Gasteiger partial charge in [-0.15, -0.1) is 0 Å². The number of para-hydroxylation sites is 1. The van der Waals surface area contributed by atoms with Gasteiger partial charge in [-0.1, -0.05) is 6.07 Å². The van der Waals surface area contributed by atoms with E-state index in [1.807, 2.05) is 18.2 Å². The summed E-state index contributed by atoms with van der Waals surface area (Å²) in [6.07, 6.45) is 4.31. The van der Waals surface area contributed by atoms with Crippen molar-refractivity contribution in [3.05, 3.63) is 18.2 Å². The van der Waals surface area contributed by atoms with Gasteiger partial charge < -0.3 is 20.2 Å². The van der Waals surface area contributed by atoms with Crippen LogP contribution in [0, 0.1) is 0 Å². The van der Waals surface area contributed by atoms with E-state index in [0.29, 0.717) is 17.7 Å². The van der Waals surface area contributed by atoms with Gasteiger partial charge in [0.05, 0.1) is 5.69 Å². The summed E-state index contributed by atoms with van der Waals surface area (Å²) in [6.45, 7) is 0.958. The van der Waals surface area contributed by atoms with Crippen LogP contribution in [0.15, 0.2) is 22.6 Å². The highest BCUT2D eigenvalue weighted by Gasteiger charge is 2.28. The zero-order chi connectivity index (χ0) is 13.2.